The van der Waals surface area contributed by atoms with Gasteiger partial charge in [-0.3, -0.25) is 14.6 Å². The lowest BCUT2D eigenvalue weighted by Crippen LogP contribution is -2.45. The van der Waals surface area contributed by atoms with E-state index in [4.69, 9.17) is 0 Å². The molecule has 3 heterocycles. The zero-order valence-corrected chi connectivity index (χ0v) is 16.5. The molecule has 9 heteroatoms. The summed E-state index contributed by atoms with van der Waals surface area (Å²) >= 11 is 0. The van der Waals surface area contributed by atoms with Gasteiger partial charge in [-0.05, 0) is 32.8 Å². The van der Waals surface area contributed by atoms with E-state index in [2.05, 4.69) is 28.9 Å². The summed E-state index contributed by atoms with van der Waals surface area (Å²) in [6.07, 6.45) is 6.80. The van der Waals surface area contributed by atoms with Gasteiger partial charge in [0.25, 0.3) is 10.2 Å². The maximum Gasteiger partial charge on any atom is 0.281 e. The second-order valence-electron chi connectivity index (χ2n) is 7.03. The highest BCUT2D eigenvalue weighted by molar-refractivity contribution is 7.86. The van der Waals surface area contributed by atoms with Crippen LogP contribution in [0.3, 0.4) is 0 Å². The molecule has 1 atom stereocenters. The number of nitrogens with zero attached hydrogens (tertiary/aromatic N) is 6. The fourth-order valence-electron chi connectivity index (χ4n) is 3.36. The van der Waals surface area contributed by atoms with E-state index in [0.717, 1.165) is 29.9 Å². The monoisotopic (exact) mass is 378 g/mol. The normalized spacial score (nSPS) is 19.4. The van der Waals surface area contributed by atoms with Crippen LogP contribution in [0, 0.1) is 0 Å². The quantitative estimate of drug-likeness (QED) is 0.793. The molecule has 0 amide bonds. The number of rotatable bonds is 5. The summed E-state index contributed by atoms with van der Waals surface area (Å²) in [5, 5.41) is 4.39. The van der Waals surface area contributed by atoms with E-state index in [1.807, 2.05) is 10.7 Å². The van der Waals surface area contributed by atoms with Crippen molar-refractivity contribution in [2.45, 2.75) is 38.6 Å². The Labute approximate surface area is 155 Å². The first-order chi connectivity index (χ1) is 12.3. The molecule has 0 spiro atoms. The van der Waals surface area contributed by atoms with Gasteiger partial charge in [-0.1, -0.05) is 0 Å². The number of hydrogen-bond acceptors (Lipinski definition) is 5. The van der Waals surface area contributed by atoms with E-state index in [-0.39, 0.29) is 12.0 Å². The molecule has 1 aliphatic heterocycles. The lowest BCUT2D eigenvalue weighted by Gasteiger charge is -2.33. The summed E-state index contributed by atoms with van der Waals surface area (Å²) in [7, 11) is -0.301. The summed E-state index contributed by atoms with van der Waals surface area (Å²) in [4.78, 5) is 9.14. The molecule has 8 nitrogen and oxygen atoms in total. The first-order valence-electron chi connectivity index (χ1n) is 8.84. The third-order valence-electron chi connectivity index (χ3n) is 4.69. The van der Waals surface area contributed by atoms with Crippen LogP contribution in [0.4, 0.5) is 0 Å². The molecule has 0 aliphatic carbocycles. The van der Waals surface area contributed by atoms with Gasteiger partial charge < -0.3 is 0 Å². The predicted molar refractivity (Wildman–Crippen MR) is 99.8 cm³/mol. The SMILES string of the molecule is CC(C)n1nccc1-c1nccnc1C1CCCN(S(=O)(=O)N(C)C)C1. The Hall–Kier alpha value is -1.84. The standard InChI is InChI=1S/C17H26N6O2S/c1-13(2)23-15(7-8-20-23)17-16(18-9-10-19-17)14-6-5-11-22(12-14)26(24,25)21(3)4/h7-10,13-14H,5-6,11-12H2,1-4H3. The average molecular weight is 379 g/mol. The highest BCUT2D eigenvalue weighted by Gasteiger charge is 2.33. The van der Waals surface area contributed by atoms with Crippen molar-refractivity contribution in [2.24, 2.45) is 0 Å². The summed E-state index contributed by atoms with van der Waals surface area (Å²) < 4.78 is 29.8. The van der Waals surface area contributed by atoms with Crippen LogP contribution in [0.1, 0.15) is 44.3 Å². The lowest BCUT2D eigenvalue weighted by molar-refractivity contribution is 0.296. The van der Waals surface area contributed by atoms with E-state index in [9.17, 15) is 8.42 Å². The van der Waals surface area contributed by atoms with Crippen LogP contribution >= 0.6 is 0 Å². The van der Waals surface area contributed by atoms with Gasteiger partial charge in [0.05, 0.1) is 11.4 Å². The zero-order chi connectivity index (χ0) is 18.9. The number of hydrogen-bond donors (Lipinski definition) is 0. The molecule has 0 saturated carbocycles. The molecule has 0 N–H and O–H groups in total. The Balaban J connectivity index is 1.97. The van der Waals surface area contributed by atoms with Crippen LogP contribution in [0.25, 0.3) is 11.4 Å². The fraction of sp³-hybridized carbons (Fsp3) is 0.588. The van der Waals surface area contributed by atoms with Crippen molar-refractivity contribution in [3.05, 3.63) is 30.4 Å². The highest BCUT2D eigenvalue weighted by Crippen LogP contribution is 2.33. The first-order valence-corrected chi connectivity index (χ1v) is 10.2. The van der Waals surface area contributed by atoms with E-state index < -0.39 is 10.2 Å². The zero-order valence-electron chi connectivity index (χ0n) is 15.7. The number of piperidine rings is 1. The molecule has 0 aromatic carbocycles. The molecular weight excluding hydrogens is 352 g/mol. The highest BCUT2D eigenvalue weighted by atomic mass is 32.2. The molecule has 0 radical (unpaired) electrons. The molecular formula is C17H26N6O2S. The van der Waals surface area contributed by atoms with E-state index in [1.54, 1.807) is 37.0 Å². The Kier molecular flexibility index (Phi) is 5.40. The summed E-state index contributed by atoms with van der Waals surface area (Å²) in [5.41, 5.74) is 2.54. The van der Waals surface area contributed by atoms with Crippen molar-refractivity contribution in [3.8, 4) is 11.4 Å². The maximum absolute atomic E-state index is 12.5. The Morgan fingerprint density at radius 1 is 1.19 bits per heavy atom. The third kappa shape index (κ3) is 3.51. The molecule has 1 aliphatic rings. The van der Waals surface area contributed by atoms with Crippen molar-refractivity contribution in [1.82, 2.24) is 28.4 Å². The second kappa shape index (κ2) is 7.42. The summed E-state index contributed by atoms with van der Waals surface area (Å²) in [6.45, 7) is 5.09. The topological polar surface area (TPSA) is 84.2 Å². The third-order valence-corrected chi connectivity index (χ3v) is 6.59. The molecule has 1 saturated heterocycles. The van der Waals surface area contributed by atoms with Crippen LogP contribution < -0.4 is 0 Å². The van der Waals surface area contributed by atoms with Crippen molar-refractivity contribution in [1.29, 1.82) is 0 Å². The second-order valence-corrected chi connectivity index (χ2v) is 9.17. The summed E-state index contributed by atoms with van der Waals surface area (Å²) in [6, 6.07) is 2.14. The fourth-order valence-corrected chi connectivity index (χ4v) is 4.55. The van der Waals surface area contributed by atoms with Gasteiger partial charge in [0.2, 0.25) is 0 Å². The molecule has 26 heavy (non-hydrogen) atoms. The molecule has 2 aromatic heterocycles. The van der Waals surface area contributed by atoms with Crippen LogP contribution in [0.2, 0.25) is 0 Å². The minimum absolute atomic E-state index is 0.0117. The molecule has 2 aromatic rings. The van der Waals surface area contributed by atoms with Gasteiger partial charge in [-0.2, -0.15) is 22.1 Å². The van der Waals surface area contributed by atoms with Gasteiger partial charge in [0.1, 0.15) is 5.69 Å². The van der Waals surface area contributed by atoms with Crippen LogP contribution in [0.15, 0.2) is 24.7 Å². The molecule has 142 valence electrons. The number of aromatic nitrogens is 4. The Bertz CT molecular complexity index is 862. The van der Waals surface area contributed by atoms with Gasteiger partial charge in [0, 0.05) is 57.7 Å². The summed E-state index contributed by atoms with van der Waals surface area (Å²) in [5.74, 6) is 0.0117. The van der Waals surface area contributed by atoms with Crippen molar-refractivity contribution in [3.63, 3.8) is 0 Å². The minimum Gasteiger partial charge on any atom is -0.261 e. The average Bonchev–Trinajstić information content (AvgIpc) is 3.11. The van der Waals surface area contributed by atoms with Crippen molar-refractivity contribution < 1.29 is 8.42 Å². The van der Waals surface area contributed by atoms with Crippen LogP contribution in [-0.2, 0) is 10.2 Å². The van der Waals surface area contributed by atoms with E-state index >= 15 is 0 Å². The van der Waals surface area contributed by atoms with E-state index in [1.165, 1.54) is 4.31 Å². The van der Waals surface area contributed by atoms with Gasteiger partial charge >= 0.3 is 0 Å². The molecule has 1 unspecified atom stereocenters. The Morgan fingerprint density at radius 3 is 2.62 bits per heavy atom. The van der Waals surface area contributed by atoms with Crippen LogP contribution in [-0.4, -0.2) is 64.0 Å². The first kappa shape index (κ1) is 18.9. The van der Waals surface area contributed by atoms with E-state index in [0.29, 0.717) is 13.1 Å². The van der Waals surface area contributed by atoms with Crippen LogP contribution in [0.5, 0.6) is 0 Å². The smallest absolute Gasteiger partial charge is 0.261 e. The Morgan fingerprint density at radius 2 is 1.92 bits per heavy atom. The van der Waals surface area contributed by atoms with Crippen molar-refractivity contribution in [2.75, 3.05) is 27.2 Å². The van der Waals surface area contributed by atoms with Gasteiger partial charge in [-0.15, -0.1) is 0 Å². The molecule has 1 fully saturated rings. The minimum atomic E-state index is -3.43. The maximum atomic E-state index is 12.5. The van der Waals surface area contributed by atoms with Gasteiger partial charge in [-0.25, -0.2) is 0 Å². The lowest BCUT2D eigenvalue weighted by atomic mass is 9.93. The molecule has 3 rings (SSSR count). The largest absolute Gasteiger partial charge is 0.281 e. The van der Waals surface area contributed by atoms with Gasteiger partial charge in [0.15, 0.2) is 0 Å². The van der Waals surface area contributed by atoms with Crippen molar-refractivity contribution >= 4 is 10.2 Å². The predicted octanol–water partition coefficient (Wildman–Crippen LogP) is 1.91. The molecule has 0 bridgehead atoms.